The van der Waals surface area contributed by atoms with Crippen LogP contribution in [-0.2, 0) is 30.2 Å². The molecule has 1 aromatic carbocycles. The number of benzene rings is 1. The molecule has 6 nitrogen and oxygen atoms in total. The van der Waals surface area contributed by atoms with Crippen molar-refractivity contribution in [2.24, 2.45) is 7.05 Å². The lowest BCUT2D eigenvalue weighted by Crippen LogP contribution is -2.28. The fraction of sp³-hybridized carbons (Fsp3) is 0.308. The average Bonchev–Trinajstić information content (AvgIpc) is 2.83. The maximum absolute atomic E-state index is 12.6. The van der Waals surface area contributed by atoms with Gasteiger partial charge in [-0.3, -0.25) is 0 Å². The van der Waals surface area contributed by atoms with Crippen molar-refractivity contribution in [3.05, 3.63) is 46.5 Å². The number of aryl methyl sites for hydroxylation is 1. The van der Waals surface area contributed by atoms with E-state index in [-0.39, 0.29) is 18.0 Å². The van der Waals surface area contributed by atoms with Crippen molar-refractivity contribution < 1.29 is 13.5 Å². The molecule has 0 aliphatic heterocycles. The summed E-state index contributed by atoms with van der Waals surface area (Å²) in [5.74, 6) is 0.657. The first-order valence-electron chi connectivity index (χ1n) is 6.18. The monoisotopic (exact) mass is 373 g/mol. The van der Waals surface area contributed by atoms with Crippen LogP contribution in [0.25, 0.3) is 0 Å². The number of aromatic nitrogens is 2. The quantitative estimate of drug-likeness (QED) is 0.861. The third-order valence-electron chi connectivity index (χ3n) is 3.15. The van der Waals surface area contributed by atoms with Crippen LogP contribution >= 0.6 is 15.9 Å². The molecule has 0 fully saturated rings. The lowest BCUT2D eigenvalue weighted by atomic mass is 10.2. The van der Waals surface area contributed by atoms with Crippen molar-refractivity contribution in [3.63, 3.8) is 0 Å². The molecule has 1 aromatic heterocycles. The number of nitrogens with zero attached hydrogens (tertiary/aromatic N) is 3. The Morgan fingerprint density at radius 3 is 2.67 bits per heavy atom. The molecule has 0 unspecified atom stereocenters. The Kier molecular flexibility index (Phi) is 4.82. The summed E-state index contributed by atoms with van der Waals surface area (Å²) < 4.78 is 28.6. The van der Waals surface area contributed by atoms with Crippen LogP contribution in [0.4, 0.5) is 0 Å². The van der Waals surface area contributed by atoms with Crippen molar-refractivity contribution >= 4 is 26.0 Å². The molecular formula is C13H16BrN3O3S. The van der Waals surface area contributed by atoms with Gasteiger partial charge in [0.2, 0.25) is 10.0 Å². The first-order chi connectivity index (χ1) is 9.86. The Morgan fingerprint density at radius 1 is 1.43 bits per heavy atom. The van der Waals surface area contributed by atoms with E-state index in [4.69, 9.17) is 5.11 Å². The third-order valence-corrected chi connectivity index (χ3v) is 5.93. The van der Waals surface area contributed by atoms with Gasteiger partial charge in [0.1, 0.15) is 5.82 Å². The van der Waals surface area contributed by atoms with Gasteiger partial charge in [-0.1, -0.05) is 6.07 Å². The maximum atomic E-state index is 12.6. The second-order valence-electron chi connectivity index (χ2n) is 4.64. The van der Waals surface area contributed by atoms with Crippen LogP contribution in [0.15, 0.2) is 40.0 Å². The predicted octanol–water partition coefficient (Wildman–Crippen LogP) is 1.50. The van der Waals surface area contributed by atoms with E-state index in [0.29, 0.717) is 15.9 Å². The number of sulfonamides is 1. The van der Waals surface area contributed by atoms with Gasteiger partial charge in [0, 0.05) is 31.0 Å². The summed E-state index contributed by atoms with van der Waals surface area (Å²) in [6, 6.07) is 4.67. The highest BCUT2D eigenvalue weighted by Gasteiger charge is 2.24. The Morgan fingerprint density at radius 2 is 2.14 bits per heavy atom. The summed E-state index contributed by atoms with van der Waals surface area (Å²) in [5.41, 5.74) is 0.646. The molecule has 0 radical (unpaired) electrons. The molecule has 0 amide bonds. The average molecular weight is 374 g/mol. The summed E-state index contributed by atoms with van der Waals surface area (Å²) in [6.07, 6.45) is 3.39. The lowest BCUT2D eigenvalue weighted by molar-refractivity contribution is 0.281. The Hall–Kier alpha value is -1.22. The lowest BCUT2D eigenvalue weighted by Gasteiger charge is -2.18. The van der Waals surface area contributed by atoms with Crippen molar-refractivity contribution in [1.29, 1.82) is 0 Å². The van der Waals surface area contributed by atoms with E-state index in [2.05, 4.69) is 20.9 Å². The smallest absolute Gasteiger partial charge is 0.244 e. The van der Waals surface area contributed by atoms with Crippen molar-refractivity contribution in [3.8, 4) is 0 Å². The van der Waals surface area contributed by atoms with E-state index in [1.807, 2.05) is 7.05 Å². The van der Waals surface area contributed by atoms with Gasteiger partial charge in [-0.15, -0.1) is 0 Å². The Labute approximate surface area is 132 Å². The number of aliphatic hydroxyl groups excluding tert-OH is 1. The van der Waals surface area contributed by atoms with Crippen LogP contribution < -0.4 is 0 Å². The van der Waals surface area contributed by atoms with E-state index in [0.717, 1.165) is 0 Å². The van der Waals surface area contributed by atoms with Crippen LogP contribution in [-0.4, -0.2) is 34.4 Å². The minimum absolute atomic E-state index is 0.137. The largest absolute Gasteiger partial charge is 0.392 e. The zero-order valence-corrected chi connectivity index (χ0v) is 14.1. The number of aliphatic hydroxyl groups is 1. The van der Waals surface area contributed by atoms with Crippen LogP contribution in [0.5, 0.6) is 0 Å². The molecule has 0 saturated heterocycles. The third kappa shape index (κ3) is 3.34. The van der Waals surface area contributed by atoms with Crippen molar-refractivity contribution in [1.82, 2.24) is 13.9 Å². The van der Waals surface area contributed by atoms with Gasteiger partial charge in [0.05, 0.1) is 18.0 Å². The van der Waals surface area contributed by atoms with Crippen LogP contribution in [0, 0.1) is 0 Å². The van der Waals surface area contributed by atoms with Crippen LogP contribution in [0.2, 0.25) is 0 Å². The van der Waals surface area contributed by atoms with Gasteiger partial charge in [-0.2, -0.15) is 4.31 Å². The topological polar surface area (TPSA) is 75.4 Å². The molecule has 2 aromatic rings. The minimum Gasteiger partial charge on any atom is -0.392 e. The number of rotatable bonds is 5. The second kappa shape index (κ2) is 6.27. The molecule has 0 aliphatic carbocycles. The number of imidazole rings is 1. The first-order valence-corrected chi connectivity index (χ1v) is 8.41. The molecule has 2 rings (SSSR count). The molecule has 0 spiro atoms. The molecular weight excluding hydrogens is 358 g/mol. The van der Waals surface area contributed by atoms with Gasteiger partial charge < -0.3 is 9.67 Å². The predicted molar refractivity (Wildman–Crippen MR) is 81.9 cm³/mol. The molecule has 0 aliphatic rings. The SMILES string of the molecule is CN(Cc1nccn1C)S(=O)(=O)c1ccc(CO)cc1Br. The maximum Gasteiger partial charge on any atom is 0.244 e. The molecule has 1 heterocycles. The zero-order valence-electron chi connectivity index (χ0n) is 11.7. The molecule has 114 valence electrons. The fourth-order valence-corrected chi connectivity index (χ4v) is 4.06. The van der Waals surface area contributed by atoms with Gasteiger partial charge >= 0.3 is 0 Å². The summed E-state index contributed by atoms with van der Waals surface area (Å²) in [5, 5.41) is 9.07. The highest BCUT2D eigenvalue weighted by molar-refractivity contribution is 9.10. The number of hydrogen-bond acceptors (Lipinski definition) is 4. The summed E-state index contributed by atoms with van der Waals surface area (Å²) >= 11 is 3.25. The van der Waals surface area contributed by atoms with E-state index < -0.39 is 10.0 Å². The molecule has 21 heavy (non-hydrogen) atoms. The number of hydrogen-bond donors (Lipinski definition) is 1. The second-order valence-corrected chi connectivity index (χ2v) is 7.51. The van der Waals surface area contributed by atoms with E-state index in [1.54, 1.807) is 29.1 Å². The van der Waals surface area contributed by atoms with Gasteiger partial charge in [-0.05, 0) is 33.6 Å². The highest BCUT2D eigenvalue weighted by Crippen LogP contribution is 2.26. The molecule has 0 bridgehead atoms. The molecule has 1 N–H and O–H groups in total. The Balaban J connectivity index is 2.31. The van der Waals surface area contributed by atoms with Gasteiger partial charge in [0.15, 0.2) is 0 Å². The fourth-order valence-electron chi connectivity index (χ4n) is 1.85. The number of halogens is 1. The van der Waals surface area contributed by atoms with E-state index in [9.17, 15) is 8.42 Å². The highest BCUT2D eigenvalue weighted by atomic mass is 79.9. The normalized spacial score (nSPS) is 12.0. The first kappa shape index (κ1) is 16.2. The van der Waals surface area contributed by atoms with Crippen LogP contribution in [0.3, 0.4) is 0 Å². The van der Waals surface area contributed by atoms with Crippen molar-refractivity contribution in [2.45, 2.75) is 18.0 Å². The summed E-state index contributed by atoms with van der Waals surface area (Å²) in [7, 11) is -0.311. The van der Waals surface area contributed by atoms with Gasteiger partial charge in [0.25, 0.3) is 0 Å². The summed E-state index contributed by atoms with van der Waals surface area (Å²) in [4.78, 5) is 4.29. The Bertz CT molecular complexity index is 743. The minimum atomic E-state index is -3.64. The molecule has 0 saturated carbocycles. The standard InChI is InChI=1S/C13H16BrN3O3S/c1-16-6-5-15-13(16)8-17(2)21(19,20)12-4-3-10(9-18)7-11(12)14/h3-7,18H,8-9H2,1-2H3. The summed E-state index contributed by atoms with van der Waals surface area (Å²) in [6.45, 7) is 0.0437. The van der Waals surface area contributed by atoms with Gasteiger partial charge in [-0.25, -0.2) is 13.4 Å². The molecule has 0 atom stereocenters. The zero-order chi connectivity index (χ0) is 15.6. The van der Waals surface area contributed by atoms with Crippen LogP contribution in [0.1, 0.15) is 11.4 Å². The van der Waals surface area contributed by atoms with E-state index in [1.165, 1.54) is 17.4 Å². The van der Waals surface area contributed by atoms with Crippen molar-refractivity contribution in [2.75, 3.05) is 7.05 Å². The molecule has 8 heteroatoms. The van der Waals surface area contributed by atoms with E-state index >= 15 is 0 Å².